The number of thioether (sulfide) groups is 1. The molecule has 2 aromatic carbocycles. The highest BCUT2D eigenvalue weighted by Gasteiger charge is 2.31. The van der Waals surface area contributed by atoms with Gasteiger partial charge in [-0.3, -0.25) is 19.7 Å². The van der Waals surface area contributed by atoms with E-state index < -0.39 is 5.25 Å². The van der Waals surface area contributed by atoms with E-state index in [1.54, 1.807) is 6.07 Å². The molecule has 2 aromatic rings. The summed E-state index contributed by atoms with van der Waals surface area (Å²) >= 11 is 7.09. The Hall–Kier alpha value is -2.51. The number of esters is 1. The second-order valence-corrected chi connectivity index (χ2v) is 8.21. The van der Waals surface area contributed by atoms with Gasteiger partial charge in [-0.15, -0.1) is 0 Å². The zero-order valence-corrected chi connectivity index (χ0v) is 17.3. The van der Waals surface area contributed by atoms with Crippen molar-refractivity contribution in [2.75, 3.05) is 13.2 Å². The molecule has 2 atom stereocenters. The van der Waals surface area contributed by atoms with E-state index in [-0.39, 0.29) is 29.6 Å². The van der Waals surface area contributed by atoms with Crippen LogP contribution in [-0.2, 0) is 20.7 Å². The van der Waals surface area contributed by atoms with E-state index in [4.69, 9.17) is 21.1 Å². The van der Waals surface area contributed by atoms with Crippen molar-refractivity contribution in [1.29, 1.82) is 0 Å². The Labute approximate surface area is 177 Å². The third-order valence-corrected chi connectivity index (χ3v) is 5.59. The van der Waals surface area contributed by atoms with Gasteiger partial charge in [0, 0.05) is 11.9 Å². The van der Waals surface area contributed by atoms with E-state index >= 15 is 0 Å². The molecule has 2 amide bonds. The second kappa shape index (κ2) is 9.80. The molecule has 3 rings (SSSR count). The van der Waals surface area contributed by atoms with E-state index in [0.29, 0.717) is 23.8 Å². The lowest BCUT2D eigenvalue weighted by atomic mass is 10.0. The fraction of sp³-hybridized carbons (Fsp3) is 0.286. The molecule has 6 nitrogen and oxygen atoms in total. The fourth-order valence-electron chi connectivity index (χ4n) is 2.88. The number of halogens is 1. The maximum Gasteiger partial charge on any atom is 0.302 e. The van der Waals surface area contributed by atoms with Crippen molar-refractivity contribution >= 4 is 40.5 Å². The minimum Gasteiger partial charge on any atom is -0.493 e. The van der Waals surface area contributed by atoms with Crippen LogP contribution in [0.2, 0.25) is 5.02 Å². The monoisotopic (exact) mass is 433 g/mol. The van der Waals surface area contributed by atoms with Gasteiger partial charge in [0.1, 0.15) is 12.4 Å². The number of nitrogens with one attached hydrogen (secondary N) is 1. The van der Waals surface area contributed by atoms with Crippen molar-refractivity contribution in [1.82, 2.24) is 5.32 Å². The molecule has 0 saturated carbocycles. The number of carbonyl (C=O) groups is 3. The highest BCUT2D eigenvalue weighted by Crippen LogP contribution is 2.25. The van der Waals surface area contributed by atoms with Crippen molar-refractivity contribution in [3.63, 3.8) is 0 Å². The molecule has 8 heteroatoms. The largest absolute Gasteiger partial charge is 0.493 e. The maximum atomic E-state index is 11.7. The summed E-state index contributed by atoms with van der Waals surface area (Å²) in [6, 6.07) is 14.7. The van der Waals surface area contributed by atoms with Crippen molar-refractivity contribution < 1.29 is 23.9 Å². The Morgan fingerprint density at radius 1 is 1.17 bits per heavy atom. The van der Waals surface area contributed by atoms with E-state index in [1.807, 2.05) is 42.5 Å². The number of carbonyl (C=O) groups excluding carboxylic acids is 3. The van der Waals surface area contributed by atoms with Crippen LogP contribution < -0.4 is 10.1 Å². The first kappa shape index (κ1) is 21.2. The minimum atomic E-state index is -0.398. The zero-order valence-electron chi connectivity index (χ0n) is 15.7. The van der Waals surface area contributed by atoms with E-state index in [9.17, 15) is 14.4 Å². The lowest BCUT2D eigenvalue weighted by Gasteiger charge is -2.18. The highest BCUT2D eigenvalue weighted by molar-refractivity contribution is 8.15. The van der Waals surface area contributed by atoms with Gasteiger partial charge in [0.2, 0.25) is 5.91 Å². The van der Waals surface area contributed by atoms with Crippen LogP contribution >= 0.6 is 23.4 Å². The molecule has 152 valence electrons. The lowest BCUT2D eigenvalue weighted by Crippen LogP contribution is -2.25. The van der Waals surface area contributed by atoms with Crippen LogP contribution in [0.3, 0.4) is 0 Å². The predicted molar refractivity (Wildman–Crippen MR) is 111 cm³/mol. The van der Waals surface area contributed by atoms with Crippen LogP contribution in [0.25, 0.3) is 0 Å². The minimum absolute atomic E-state index is 0.165. The molecule has 1 heterocycles. The number of hydrogen-bond acceptors (Lipinski definition) is 6. The van der Waals surface area contributed by atoms with Gasteiger partial charge in [-0.1, -0.05) is 47.6 Å². The Morgan fingerprint density at radius 3 is 2.55 bits per heavy atom. The third-order valence-electron chi connectivity index (χ3n) is 4.37. The third kappa shape index (κ3) is 6.24. The summed E-state index contributed by atoms with van der Waals surface area (Å²) in [4.78, 5) is 34.1. The van der Waals surface area contributed by atoms with Crippen LogP contribution in [0.15, 0.2) is 48.5 Å². The van der Waals surface area contributed by atoms with Crippen LogP contribution in [0.1, 0.15) is 24.0 Å². The van der Waals surface area contributed by atoms with Crippen molar-refractivity contribution in [3.8, 4) is 5.75 Å². The van der Waals surface area contributed by atoms with Gasteiger partial charge < -0.3 is 9.47 Å². The summed E-state index contributed by atoms with van der Waals surface area (Å²) < 4.78 is 11.1. The molecule has 29 heavy (non-hydrogen) atoms. The summed E-state index contributed by atoms with van der Waals surface area (Å²) in [5, 5.41) is 2.19. The topological polar surface area (TPSA) is 81.7 Å². The molecule has 0 radical (unpaired) electrons. The van der Waals surface area contributed by atoms with Crippen LogP contribution in [-0.4, -0.2) is 35.6 Å². The van der Waals surface area contributed by atoms with Crippen molar-refractivity contribution in [2.45, 2.75) is 24.5 Å². The van der Waals surface area contributed by atoms with Crippen LogP contribution in [0.5, 0.6) is 5.75 Å². The molecule has 1 saturated heterocycles. The predicted octanol–water partition coefficient (Wildman–Crippen LogP) is 3.96. The smallest absolute Gasteiger partial charge is 0.302 e. The van der Waals surface area contributed by atoms with Gasteiger partial charge in [0.25, 0.3) is 5.24 Å². The number of ether oxygens (including phenoxy) is 2. The quantitative estimate of drug-likeness (QED) is 0.634. The van der Waals surface area contributed by atoms with Gasteiger partial charge in [-0.2, -0.15) is 0 Å². The van der Waals surface area contributed by atoms with Gasteiger partial charge in [-0.25, -0.2) is 0 Å². The highest BCUT2D eigenvalue weighted by atomic mass is 35.5. The first-order chi connectivity index (χ1) is 13.9. The SMILES string of the molecule is CC(=O)OC[C@H](COc1ccc(CC2SC(=O)NC2=O)cc1)c1cccc(Cl)c1. The Morgan fingerprint density at radius 2 is 1.93 bits per heavy atom. The van der Waals surface area contributed by atoms with Crippen LogP contribution in [0, 0.1) is 0 Å². The summed E-state index contributed by atoms with van der Waals surface area (Å²) in [6.07, 6.45) is 0.472. The lowest BCUT2D eigenvalue weighted by molar-refractivity contribution is -0.141. The molecular formula is C21H20ClNO5S. The van der Waals surface area contributed by atoms with Gasteiger partial charge in [-0.05, 0) is 41.8 Å². The average Bonchev–Trinajstić information content (AvgIpc) is 2.99. The molecule has 0 bridgehead atoms. The van der Waals surface area contributed by atoms with E-state index in [0.717, 1.165) is 22.9 Å². The molecule has 0 aliphatic carbocycles. The Kier molecular flexibility index (Phi) is 7.17. The molecule has 1 aliphatic rings. The molecule has 1 fully saturated rings. The number of benzene rings is 2. The molecule has 0 spiro atoms. The summed E-state index contributed by atoms with van der Waals surface area (Å²) in [6.45, 7) is 1.86. The maximum absolute atomic E-state index is 11.7. The van der Waals surface area contributed by atoms with Crippen molar-refractivity contribution in [3.05, 3.63) is 64.7 Å². The number of hydrogen-bond donors (Lipinski definition) is 1. The van der Waals surface area contributed by atoms with Crippen molar-refractivity contribution in [2.24, 2.45) is 0 Å². The summed E-state index contributed by atoms with van der Waals surface area (Å²) in [5.74, 6) is -0.117. The first-order valence-corrected chi connectivity index (χ1v) is 10.3. The molecule has 1 aliphatic heterocycles. The van der Waals surface area contributed by atoms with Crippen LogP contribution in [0.4, 0.5) is 4.79 Å². The number of amides is 2. The standard InChI is InChI=1S/C21H20ClNO5S/c1-13(24)27-11-16(15-3-2-4-17(22)10-15)12-28-18-7-5-14(6-8-18)9-19-20(25)23-21(26)29-19/h2-8,10,16,19H,9,11-12H2,1H3,(H,23,25,26)/t16-,19?/m1/s1. The van der Waals surface area contributed by atoms with E-state index in [2.05, 4.69) is 5.32 Å². The normalized spacial score (nSPS) is 17.0. The second-order valence-electron chi connectivity index (χ2n) is 6.60. The molecule has 1 N–H and O–H groups in total. The zero-order chi connectivity index (χ0) is 20.8. The fourth-order valence-corrected chi connectivity index (χ4v) is 3.94. The summed E-state index contributed by atoms with van der Waals surface area (Å²) in [7, 11) is 0. The Balaban J connectivity index is 1.60. The number of rotatable bonds is 8. The average molecular weight is 434 g/mol. The molecule has 1 unspecified atom stereocenters. The number of imide groups is 1. The molecule has 0 aromatic heterocycles. The summed E-state index contributed by atoms with van der Waals surface area (Å²) in [5.41, 5.74) is 1.86. The first-order valence-electron chi connectivity index (χ1n) is 9.03. The molecular weight excluding hydrogens is 414 g/mol. The van der Waals surface area contributed by atoms with Gasteiger partial charge >= 0.3 is 5.97 Å². The van der Waals surface area contributed by atoms with Gasteiger partial charge in [0.05, 0.1) is 17.8 Å². The van der Waals surface area contributed by atoms with E-state index in [1.165, 1.54) is 6.92 Å². The Bertz CT molecular complexity index is 902. The van der Waals surface area contributed by atoms with Gasteiger partial charge in [0.15, 0.2) is 0 Å².